The molecular weight excluding hydrogens is 544 g/mol. The zero-order chi connectivity index (χ0) is 27.6. The number of allylic oxidation sites excluding steroid dienone is 2. The summed E-state index contributed by atoms with van der Waals surface area (Å²) in [4.78, 5) is 24.3. The van der Waals surface area contributed by atoms with Gasteiger partial charge in [-0.1, -0.05) is 70.6 Å². The average Bonchev–Trinajstić information content (AvgIpc) is 3.77. The Kier molecular flexibility index (Phi) is 17.1. The van der Waals surface area contributed by atoms with Gasteiger partial charge >= 0.3 is 17.1 Å². The number of rotatable bonds is 18. The van der Waals surface area contributed by atoms with Crippen LogP contribution in [0.4, 0.5) is 0 Å². The van der Waals surface area contributed by atoms with Crippen molar-refractivity contribution in [3.8, 4) is 0 Å². The number of ether oxygens (including phenoxy) is 2. The minimum atomic E-state index is -0.858. The molecule has 0 unspecified atom stereocenters. The standard InChI is InChI=1S/C29H41O5.C5H5.Fe/c1-29(32-22-23-33-29)28-21-20-27(34-28)26(31)19-13-11-9-7-5-3-2-4-6-8-10-12-18-25(30)24-16-14-15-17-24;1-2-4-5-3-1;/h14-17,20-21H,2-13,18-19,22-23H2,1H3;1-5H;/q2*-1;+2. The molecule has 5 nitrogen and oxygen atoms in total. The largest absolute Gasteiger partial charge is 2.00 e. The predicted octanol–water partition coefficient (Wildman–Crippen LogP) is 8.67. The van der Waals surface area contributed by atoms with Crippen molar-refractivity contribution < 1.29 is 40.5 Å². The first-order valence-electron chi connectivity index (χ1n) is 14.9. The molecule has 0 amide bonds. The van der Waals surface area contributed by atoms with E-state index in [-0.39, 0.29) is 28.6 Å². The van der Waals surface area contributed by atoms with Gasteiger partial charge in [0, 0.05) is 12.8 Å². The number of hydrogen-bond donors (Lipinski definition) is 0. The molecule has 0 bridgehead atoms. The van der Waals surface area contributed by atoms with Crippen LogP contribution in [0, 0.1) is 18.8 Å². The van der Waals surface area contributed by atoms with E-state index in [1.165, 1.54) is 51.4 Å². The van der Waals surface area contributed by atoms with E-state index < -0.39 is 5.79 Å². The quantitative estimate of drug-likeness (QED) is 0.0752. The molecule has 4 rings (SSSR count). The molecule has 1 aliphatic carbocycles. The summed E-state index contributed by atoms with van der Waals surface area (Å²) in [6, 6.07) is 13.5. The molecule has 0 spiro atoms. The Bertz CT molecular complexity index is 930. The van der Waals surface area contributed by atoms with Gasteiger partial charge in [0.25, 0.3) is 0 Å². The van der Waals surface area contributed by atoms with Crippen molar-refractivity contribution in [1.82, 2.24) is 0 Å². The maximum Gasteiger partial charge on any atom is 2.00 e. The summed E-state index contributed by atoms with van der Waals surface area (Å²) < 4.78 is 16.9. The molecular formula is C34H46FeO5. The predicted molar refractivity (Wildman–Crippen MR) is 155 cm³/mol. The molecule has 40 heavy (non-hydrogen) atoms. The summed E-state index contributed by atoms with van der Waals surface area (Å²) in [5.41, 5.74) is 0. The number of Topliss-reactive ketones (excluding diaryl/α,β-unsaturated/α-hetero) is 2. The minimum absolute atomic E-state index is 0. The maximum atomic E-state index is 12.4. The molecule has 0 N–H and O–H groups in total. The van der Waals surface area contributed by atoms with Crippen molar-refractivity contribution in [3.05, 3.63) is 84.9 Å². The molecule has 6 heteroatoms. The van der Waals surface area contributed by atoms with E-state index in [1.54, 1.807) is 12.1 Å². The first kappa shape index (κ1) is 34.2. The van der Waals surface area contributed by atoms with Crippen LogP contribution < -0.4 is 0 Å². The van der Waals surface area contributed by atoms with Crippen LogP contribution in [0.1, 0.15) is 113 Å². The first-order chi connectivity index (χ1) is 19.1. The Balaban J connectivity index is 0.000000840. The maximum absolute atomic E-state index is 12.4. The first-order valence-corrected chi connectivity index (χ1v) is 14.9. The van der Waals surface area contributed by atoms with Gasteiger partial charge in [-0.15, -0.1) is 0 Å². The number of hydrogen-bond acceptors (Lipinski definition) is 5. The van der Waals surface area contributed by atoms with E-state index in [0.717, 1.165) is 31.6 Å². The summed E-state index contributed by atoms with van der Waals surface area (Å²) >= 11 is 0. The monoisotopic (exact) mass is 590 g/mol. The van der Waals surface area contributed by atoms with Gasteiger partial charge in [0.2, 0.25) is 5.79 Å². The Morgan fingerprint density at radius 1 is 0.775 bits per heavy atom. The smallest absolute Gasteiger partial charge is 0.452 e. The van der Waals surface area contributed by atoms with Gasteiger partial charge in [0.15, 0.2) is 17.3 Å². The number of ketones is 2. The second-order valence-corrected chi connectivity index (χ2v) is 10.5. The number of unbranched alkanes of at least 4 members (excludes halogenated alkanes) is 11. The zero-order valence-electron chi connectivity index (χ0n) is 24.1. The van der Waals surface area contributed by atoms with Crippen molar-refractivity contribution in [3.63, 3.8) is 0 Å². The molecule has 220 valence electrons. The molecule has 0 saturated carbocycles. The number of carbonyl (C=O) groups excluding carboxylic acids is 2. The molecule has 2 aromatic rings. The van der Waals surface area contributed by atoms with Crippen LogP contribution in [-0.4, -0.2) is 24.8 Å². The van der Waals surface area contributed by atoms with E-state index in [2.05, 4.69) is 0 Å². The fraction of sp³-hybridized carbons (Fsp3) is 0.529. The molecule has 1 aromatic heterocycles. The minimum Gasteiger partial charge on any atom is -0.452 e. The van der Waals surface area contributed by atoms with Gasteiger partial charge in [0.1, 0.15) is 5.78 Å². The molecule has 1 aromatic carbocycles. The molecule has 2 radical (unpaired) electrons. The second-order valence-electron chi connectivity index (χ2n) is 10.5. The van der Waals surface area contributed by atoms with Crippen LogP contribution in [-0.2, 0) is 37.1 Å². The third-order valence-electron chi connectivity index (χ3n) is 7.26. The summed E-state index contributed by atoms with van der Waals surface area (Å²) in [5.74, 6) is 1.31. The van der Waals surface area contributed by atoms with Crippen molar-refractivity contribution in [2.45, 2.75) is 103 Å². The van der Waals surface area contributed by atoms with E-state index in [4.69, 9.17) is 13.9 Å². The van der Waals surface area contributed by atoms with Gasteiger partial charge in [-0.25, -0.2) is 30.7 Å². The van der Waals surface area contributed by atoms with Gasteiger partial charge in [-0.2, -0.15) is 18.2 Å². The van der Waals surface area contributed by atoms with Crippen LogP contribution in [0.15, 0.2) is 59.0 Å². The van der Waals surface area contributed by atoms with E-state index in [0.29, 0.717) is 37.6 Å². The molecule has 0 atom stereocenters. The average molecular weight is 591 g/mol. The van der Waals surface area contributed by atoms with Gasteiger partial charge in [0.05, 0.1) is 13.2 Å². The summed E-state index contributed by atoms with van der Waals surface area (Å²) in [6.07, 6.45) is 23.2. The third-order valence-corrected chi connectivity index (χ3v) is 7.26. The molecule has 1 fully saturated rings. The normalized spacial score (nSPS) is 15.7. The number of carbonyl (C=O) groups is 2. The van der Waals surface area contributed by atoms with Crippen LogP contribution in [0.5, 0.6) is 0 Å². The molecule has 2 heterocycles. The molecule has 1 aliphatic heterocycles. The Morgan fingerprint density at radius 3 is 1.77 bits per heavy atom. The van der Waals surface area contributed by atoms with Crippen LogP contribution in [0.3, 0.4) is 0 Å². The summed E-state index contributed by atoms with van der Waals surface area (Å²) in [7, 11) is 0. The van der Waals surface area contributed by atoms with Crippen molar-refractivity contribution in [2.75, 3.05) is 13.2 Å². The summed E-state index contributed by atoms with van der Waals surface area (Å²) in [6.45, 7) is 2.91. The van der Waals surface area contributed by atoms with Crippen molar-refractivity contribution >= 4 is 11.6 Å². The Labute approximate surface area is 252 Å². The van der Waals surface area contributed by atoms with Gasteiger partial charge in [-0.05, 0) is 37.8 Å². The second kappa shape index (κ2) is 20.0. The number of furan rings is 1. The van der Waals surface area contributed by atoms with Crippen molar-refractivity contribution in [2.24, 2.45) is 0 Å². The fourth-order valence-electron chi connectivity index (χ4n) is 4.88. The third kappa shape index (κ3) is 12.7. The Hall–Kier alpha value is -1.98. The van der Waals surface area contributed by atoms with Crippen LogP contribution in [0.25, 0.3) is 0 Å². The SMILES string of the molecule is CC1(c2ccc(C(=O)CCCCCCCCCCCCCCC(=O)[C]3[CH]C=C[CH-]3)o2)OCCO1.[Fe+2].c1cc[cH-]c1. The molecule has 2 aliphatic rings. The zero-order valence-corrected chi connectivity index (χ0v) is 25.2. The fourth-order valence-corrected chi connectivity index (χ4v) is 4.88. The van der Waals surface area contributed by atoms with Crippen LogP contribution in [0.2, 0.25) is 0 Å². The van der Waals surface area contributed by atoms with E-state index >= 15 is 0 Å². The topological polar surface area (TPSA) is 65.7 Å². The summed E-state index contributed by atoms with van der Waals surface area (Å²) in [5, 5.41) is 0. The van der Waals surface area contributed by atoms with Crippen LogP contribution >= 0.6 is 0 Å². The van der Waals surface area contributed by atoms with Gasteiger partial charge < -0.3 is 18.7 Å². The van der Waals surface area contributed by atoms with E-state index in [1.807, 2.05) is 62.2 Å². The van der Waals surface area contributed by atoms with E-state index in [9.17, 15) is 9.59 Å². The molecule has 1 saturated heterocycles. The van der Waals surface area contributed by atoms with Gasteiger partial charge in [-0.3, -0.25) is 4.79 Å². The van der Waals surface area contributed by atoms with Crippen molar-refractivity contribution in [1.29, 1.82) is 0 Å². The Morgan fingerprint density at radius 2 is 1.30 bits per heavy atom.